The van der Waals surface area contributed by atoms with Crippen LogP contribution < -0.4 is 10.6 Å². The summed E-state index contributed by atoms with van der Waals surface area (Å²) in [7, 11) is 0. The fourth-order valence-electron chi connectivity index (χ4n) is 3.46. The number of anilines is 1. The number of carbonyl (C=O) groups is 2. The van der Waals surface area contributed by atoms with Crippen molar-refractivity contribution in [2.45, 2.75) is 34.0 Å². The van der Waals surface area contributed by atoms with E-state index in [-0.39, 0.29) is 7.46 Å². The fourth-order valence-corrected chi connectivity index (χ4v) is 3.46. The molecule has 1 aliphatic rings. The zero-order valence-corrected chi connectivity index (χ0v) is 18.7. The zero-order valence-electron chi connectivity index (χ0n) is 18.7. The number of nitrogens with two attached hydrogens (primary N) is 1. The number of primary amides is 1. The van der Waals surface area contributed by atoms with E-state index in [4.69, 9.17) is 5.73 Å². The number of benzene rings is 2. The van der Waals surface area contributed by atoms with E-state index in [2.05, 4.69) is 11.8 Å². The second kappa shape index (κ2) is 12.1. The van der Waals surface area contributed by atoms with Gasteiger partial charge in [-0.2, -0.15) is 0 Å². The van der Waals surface area contributed by atoms with Gasteiger partial charge in [-0.1, -0.05) is 45.0 Å². The van der Waals surface area contributed by atoms with Gasteiger partial charge in [0.1, 0.15) is 6.67 Å². The number of hydrogen-bond donors (Lipinski definition) is 1. The van der Waals surface area contributed by atoms with E-state index in [1.54, 1.807) is 47.4 Å². The van der Waals surface area contributed by atoms with Crippen molar-refractivity contribution in [3.05, 3.63) is 65.2 Å². The number of nitrogens with zero attached hydrogens (tertiary/aromatic N) is 3. The molecule has 2 N–H and O–H groups in total. The van der Waals surface area contributed by atoms with Gasteiger partial charge >= 0.3 is 6.03 Å². The minimum absolute atomic E-state index is 0. The van der Waals surface area contributed by atoms with Crippen LogP contribution in [0.15, 0.2) is 48.5 Å². The minimum atomic E-state index is -0.585. The molecule has 2 aromatic carbocycles. The van der Waals surface area contributed by atoms with Crippen molar-refractivity contribution in [3.8, 4) is 0 Å². The van der Waals surface area contributed by atoms with E-state index in [0.717, 1.165) is 25.2 Å². The highest BCUT2D eigenvalue weighted by Crippen LogP contribution is 2.22. The van der Waals surface area contributed by atoms with Crippen LogP contribution in [0.1, 0.15) is 43.7 Å². The lowest BCUT2D eigenvalue weighted by molar-refractivity contribution is 0.1000. The maximum Gasteiger partial charge on any atom is 0.324 e. The van der Waals surface area contributed by atoms with Gasteiger partial charge in [0.15, 0.2) is 0 Å². The van der Waals surface area contributed by atoms with Gasteiger partial charge in [-0.25, -0.2) is 9.18 Å². The van der Waals surface area contributed by atoms with Crippen molar-refractivity contribution in [3.63, 3.8) is 0 Å². The van der Waals surface area contributed by atoms with Crippen LogP contribution in [-0.2, 0) is 13.2 Å². The number of alkyl halides is 1. The molecule has 0 bridgehead atoms. The van der Waals surface area contributed by atoms with E-state index in [1.807, 2.05) is 24.8 Å². The van der Waals surface area contributed by atoms with Crippen LogP contribution in [0.5, 0.6) is 0 Å². The first kappa shape index (κ1) is 24.3. The minimum Gasteiger partial charge on any atom is -0.366 e. The summed E-state index contributed by atoms with van der Waals surface area (Å²) in [4.78, 5) is 30.5. The first-order valence-corrected chi connectivity index (χ1v) is 10.8. The van der Waals surface area contributed by atoms with E-state index in [9.17, 15) is 14.0 Å². The molecule has 0 unspecified atom stereocenters. The number of amides is 3. The molecular weight excluding hydrogens is 395 g/mol. The van der Waals surface area contributed by atoms with E-state index < -0.39 is 12.6 Å². The van der Waals surface area contributed by atoms with Gasteiger partial charge in [0.05, 0.1) is 6.54 Å². The highest BCUT2D eigenvalue weighted by Gasteiger charge is 2.26. The van der Waals surface area contributed by atoms with Crippen molar-refractivity contribution >= 4 is 17.6 Å². The van der Waals surface area contributed by atoms with Crippen molar-refractivity contribution in [2.24, 2.45) is 5.73 Å². The number of piperazine rings is 1. The van der Waals surface area contributed by atoms with Gasteiger partial charge in [0, 0.05) is 38.9 Å². The summed E-state index contributed by atoms with van der Waals surface area (Å²) in [5.74, 6) is -0.492. The lowest BCUT2D eigenvalue weighted by Crippen LogP contribution is -2.52. The number of halogens is 1. The van der Waals surface area contributed by atoms with Crippen molar-refractivity contribution in [1.29, 1.82) is 0 Å². The Kier molecular flexibility index (Phi) is 9.46. The smallest absolute Gasteiger partial charge is 0.324 e. The number of urea groups is 1. The van der Waals surface area contributed by atoms with E-state index in [1.165, 1.54) is 0 Å². The standard InChI is InChI=1S/C22H27FN4O2.C2H6.H2/c1-2-25-10-12-26(13-11-25)22(29)27(20-5-3-4-18(14-20)15-23)16-17-6-8-19(9-7-17)21(24)28;1-2;/h3-9,14H,2,10-13,15-16H2,1H3,(H2,24,28);1-2H3;1H. The number of hydrogen-bond acceptors (Lipinski definition) is 3. The molecule has 0 spiro atoms. The Bertz CT molecular complexity index is 855. The first-order valence-electron chi connectivity index (χ1n) is 10.8. The zero-order chi connectivity index (χ0) is 22.8. The SMILES string of the molecule is CC.CCN1CCN(C(=O)N(Cc2ccc(C(N)=O)cc2)c2cccc(CF)c2)CC1.[HH]. The van der Waals surface area contributed by atoms with Crippen molar-refractivity contribution < 1.29 is 15.4 Å². The highest BCUT2D eigenvalue weighted by atomic mass is 19.1. The summed E-state index contributed by atoms with van der Waals surface area (Å²) < 4.78 is 13.2. The second-order valence-electron chi connectivity index (χ2n) is 7.15. The Morgan fingerprint density at radius 3 is 2.23 bits per heavy atom. The summed E-state index contributed by atoms with van der Waals surface area (Å²) >= 11 is 0. The predicted molar refractivity (Wildman–Crippen MR) is 125 cm³/mol. The van der Waals surface area contributed by atoms with Gasteiger partial charge in [-0.05, 0) is 41.9 Å². The number of likely N-dealkylation sites (N-methyl/N-ethyl adjacent to an activating group) is 1. The number of rotatable bonds is 6. The molecule has 3 amide bonds. The molecule has 2 aromatic rings. The first-order chi connectivity index (χ1) is 15.0. The lowest BCUT2D eigenvalue weighted by Gasteiger charge is -2.37. The molecule has 7 heteroatoms. The van der Waals surface area contributed by atoms with Crippen LogP contribution >= 0.6 is 0 Å². The molecular formula is C24H35FN4O2. The average Bonchev–Trinajstić information content (AvgIpc) is 2.83. The quantitative estimate of drug-likeness (QED) is 0.743. The summed E-state index contributed by atoms with van der Waals surface area (Å²) in [5, 5.41) is 0. The largest absolute Gasteiger partial charge is 0.366 e. The molecule has 3 rings (SSSR count). The third kappa shape index (κ3) is 6.52. The van der Waals surface area contributed by atoms with Crippen LogP contribution in [0, 0.1) is 0 Å². The summed E-state index contributed by atoms with van der Waals surface area (Å²) in [6.45, 7) is 9.82. The summed E-state index contributed by atoms with van der Waals surface area (Å²) in [6.07, 6.45) is 0. The molecule has 0 radical (unpaired) electrons. The Morgan fingerprint density at radius 1 is 1.03 bits per heavy atom. The Morgan fingerprint density at radius 2 is 1.68 bits per heavy atom. The molecule has 0 aromatic heterocycles. The Balaban J connectivity index is 0.00000166. The van der Waals surface area contributed by atoms with Gasteiger partial charge in [0.2, 0.25) is 5.91 Å². The van der Waals surface area contributed by atoms with Crippen molar-refractivity contribution in [1.82, 2.24) is 9.80 Å². The molecule has 6 nitrogen and oxygen atoms in total. The summed E-state index contributed by atoms with van der Waals surface area (Å²) in [5.41, 5.74) is 7.77. The third-order valence-electron chi connectivity index (χ3n) is 5.28. The fraction of sp³-hybridized carbons (Fsp3) is 0.417. The molecule has 31 heavy (non-hydrogen) atoms. The molecule has 0 atom stereocenters. The predicted octanol–water partition coefficient (Wildman–Crippen LogP) is 4.29. The lowest BCUT2D eigenvalue weighted by atomic mass is 10.1. The van der Waals surface area contributed by atoms with Crippen LogP contribution in [0.25, 0.3) is 0 Å². The molecule has 170 valence electrons. The van der Waals surface area contributed by atoms with Crippen LogP contribution in [0.4, 0.5) is 14.9 Å². The molecule has 0 saturated carbocycles. The van der Waals surface area contributed by atoms with Gasteiger partial charge in [-0.3, -0.25) is 9.69 Å². The normalized spacial score (nSPS) is 13.9. The van der Waals surface area contributed by atoms with E-state index in [0.29, 0.717) is 36.4 Å². The number of carbonyl (C=O) groups excluding carboxylic acids is 2. The van der Waals surface area contributed by atoms with Crippen molar-refractivity contribution in [2.75, 3.05) is 37.6 Å². The highest BCUT2D eigenvalue weighted by molar-refractivity contribution is 5.93. The van der Waals surface area contributed by atoms with Crippen LogP contribution in [-0.4, -0.2) is 54.5 Å². The van der Waals surface area contributed by atoms with Gasteiger partial charge < -0.3 is 15.5 Å². The Labute approximate surface area is 185 Å². The van der Waals surface area contributed by atoms with E-state index >= 15 is 0 Å². The van der Waals surface area contributed by atoms with Crippen LogP contribution in [0.2, 0.25) is 0 Å². The Hall–Kier alpha value is -2.93. The average molecular weight is 431 g/mol. The molecule has 1 aliphatic heterocycles. The van der Waals surface area contributed by atoms with Gasteiger partial charge in [-0.15, -0.1) is 0 Å². The third-order valence-corrected chi connectivity index (χ3v) is 5.28. The summed E-state index contributed by atoms with van der Waals surface area (Å²) in [6, 6.07) is 13.8. The van der Waals surface area contributed by atoms with Gasteiger partial charge in [0.25, 0.3) is 0 Å². The molecule has 1 heterocycles. The molecule has 0 aliphatic carbocycles. The maximum absolute atomic E-state index is 13.3. The van der Waals surface area contributed by atoms with Crippen LogP contribution in [0.3, 0.4) is 0 Å². The second-order valence-corrected chi connectivity index (χ2v) is 7.15. The monoisotopic (exact) mass is 430 g/mol. The topological polar surface area (TPSA) is 69.9 Å². The molecule has 1 fully saturated rings. The maximum atomic E-state index is 13.3. The molecule has 1 saturated heterocycles.